The monoisotopic (exact) mass is 192 g/mol. The summed E-state index contributed by atoms with van der Waals surface area (Å²) >= 11 is 0. The molecule has 0 aliphatic carbocycles. The van der Waals surface area contributed by atoms with Crippen molar-refractivity contribution in [3.05, 3.63) is 48.0 Å². The molecule has 14 heavy (non-hydrogen) atoms. The maximum absolute atomic E-state index is 10.8. The van der Waals surface area contributed by atoms with Crippen molar-refractivity contribution in [1.82, 2.24) is 0 Å². The fourth-order valence-corrected chi connectivity index (χ4v) is 1.11. The van der Waals surface area contributed by atoms with Crippen molar-refractivity contribution in [3.63, 3.8) is 0 Å². The van der Waals surface area contributed by atoms with E-state index in [1.54, 1.807) is 30.3 Å². The molecule has 1 N–H and O–H groups in total. The first-order chi connectivity index (χ1) is 6.75. The summed E-state index contributed by atoms with van der Waals surface area (Å²) in [6.45, 7) is 4.23. The standard InChI is InChI=1S/C11H12O3/c1-2-7-14-8-9-5-3-4-6-10(9)11(12)13/h2-6H,1,7-8H2,(H,12,13). The molecule has 1 aromatic rings. The fourth-order valence-electron chi connectivity index (χ4n) is 1.11. The van der Waals surface area contributed by atoms with Crippen LogP contribution in [0.4, 0.5) is 0 Å². The van der Waals surface area contributed by atoms with E-state index in [0.717, 1.165) is 0 Å². The summed E-state index contributed by atoms with van der Waals surface area (Å²) in [6.07, 6.45) is 1.63. The zero-order chi connectivity index (χ0) is 10.4. The zero-order valence-corrected chi connectivity index (χ0v) is 7.77. The van der Waals surface area contributed by atoms with Crippen molar-refractivity contribution in [2.24, 2.45) is 0 Å². The molecule has 1 aromatic carbocycles. The van der Waals surface area contributed by atoms with Crippen molar-refractivity contribution < 1.29 is 14.6 Å². The molecule has 74 valence electrons. The van der Waals surface area contributed by atoms with Gasteiger partial charge in [0.1, 0.15) is 0 Å². The Bertz CT molecular complexity index is 331. The lowest BCUT2D eigenvalue weighted by Crippen LogP contribution is -2.03. The van der Waals surface area contributed by atoms with E-state index in [9.17, 15) is 4.79 Å². The topological polar surface area (TPSA) is 46.5 Å². The second-order valence-corrected chi connectivity index (χ2v) is 2.77. The summed E-state index contributed by atoms with van der Waals surface area (Å²) in [4.78, 5) is 10.8. The van der Waals surface area contributed by atoms with Crippen LogP contribution in [0, 0.1) is 0 Å². The molecule has 0 aromatic heterocycles. The molecule has 0 aliphatic heterocycles. The first-order valence-corrected chi connectivity index (χ1v) is 4.25. The Balaban J connectivity index is 2.74. The molecule has 1 rings (SSSR count). The lowest BCUT2D eigenvalue weighted by atomic mass is 10.1. The molecule has 0 bridgehead atoms. The summed E-state index contributed by atoms with van der Waals surface area (Å²) < 4.78 is 5.18. The molecule has 0 saturated carbocycles. The predicted molar refractivity (Wildman–Crippen MR) is 53.3 cm³/mol. The molecule has 0 unspecified atom stereocenters. The number of carbonyl (C=O) groups is 1. The molecule has 3 heteroatoms. The highest BCUT2D eigenvalue weighted by atomic mass is 16.5. The van der Waals surface area contributed by atoms with Gasteiger partial charge in [0.25, 0.3) is 0 Å². The Morgan fingerprint density at radius 3 is 2.86 bits per heavy atom. The van der Waals surface area contributed by atoms with E-state index in [1.165, 1.54) is 0 Å². The van der Waals surface area contributed by atoms with Crippen LogP contribution in [0.5, 0.6) is 0 Å². The van der Waals surface area contributed by atoms with Gasteiger partial charge < -0.3 is 9.84 Å². The van der Waals surface area contributed by atoms with Crippen molar-refractivity contribution >= 4 is 5.97 Å². The molecule has 0 fully saturated rings. The van der Waals surface area contributed by atoms with Gasteiger partial charge in [0.2, 0.25) is 0 Å². The van der Waals surface area contributed by atoms with Gasteiger partial charge in [-0.05, 0) is 11.6 Å². The summed E-state index contributed by atoms with van der Waals surface area (Å²) in [5.74, 6) is -0.928. The third-order valence-electron chi connectivity index (χ3n) is 1.74. The van der Waals surface area contributed by atoms with Crippen LogP contribution in [0.3, 0.4) is 0 Å². The third kappa shape index (κ3) is 2.71. The van der Waals surface area contributed by atoms with Gasteiger partial charge in [0, 0.05) is 0 Å². The largest absolute Gasteiger partial charge is 0.478 e. The maximum Gasteiger partial charge on any atom is 0.336 e. The summed E-state index contributed by atoms with van der Waals surface area (Å²) in [6, 6.07) is 6.79. The highest BCUT2D eigenvalue weighted by Crippen LogP contribution is 2.09. The van der Waals surface area contributed by atoms with Gasteiger partial charge in [0.15, 0.2) is 0 Å². The van der Waals surface area contributed by atoms with Crippen LogP contribution in [0.1, 0.15) is 15.9 Å². The molecule has 0 heterocycles. The third-order valence-corrected chi connectivity index (χ3v) is 1.74. The van der Waals surface area contributed by atoms with Crippen molar-refractivity contribution in [2.45, 2.75) is 6.61 Å². The molecule has 0 spiro atoms. The summed E-state index contributed by atoms with van der Waals surface area (Å²) in [5.41, 5.74) is 0.971. The number of hydrogen-bond acceptors (Lipinski definition) is 2. The predicted octanol–water partition coefficient (Wildman–Crippen LogP) is 2.09. The van der Waals surface area contributed by atoms with E-state index in [4.69, 9.17) is 9.84 Å². The highest BCUT2D eigenvalue weighted by molar-refractivity contribution is 5.89. The van der Waals surface area contributed by atoms with Gasteiger partial charge in [0.05, 0.1) is 18.8 Å². The lowest BCUT2D eigenvalue weighted by molar-refractivity contribution is 0.0690. The average molecular weight is 192 g/mol. The molecular weight excluding hydrogens is 180 g/mol. The molecule has 0 radical (unpaired) electrons. The molecule has 0 atom stereocenters. The first kappa shape index (κ1) is 10.5. The molecule has 0 amide bonds. The summed E-state index contributed by atoms with van der Waals surface area (Å²) in [7, 11) is 0. The van der Waals surface area contributed by atoms with Crippen LogP contribution >= 0.6 is 0 Å². The van der Waals surface area contributed by atoms with E-state index >= 15 is 0 Å². The second kappa shape index (κ2) is 5.19. The minimum absolute atomic E-state index is 0.288. The summed E-state index contributed by atoms with van der Waals surface area (Å²) in [5, 5.41) is 8.85. The van der Waals surface area contributed by atoms with Crippen LogP contribution < -0.4 is 0 Å². The van der Waals surface area contributed by atoms with Gasteiger partial charge >= 0.3 is 5.97 Å². The lowest BCUT2D eigenvalue weighted by Gasteiger charge is -2.05. The average Bonchev–Trinajstić information content (AvgIpc) is 2.19. The smallest absolute Gasteiger partial charge is 0.336 e. The SMILES string of the molecule is C=CCOCc1ccccc1C(=O)O. The number of benzene rings is 1. The Morgan fingerprint density at radius 2 is 2.21 bits per heavy atom. The molecule has 0 saturated heterocycles. The molecular formula is C11H12O3. The van der Waals surface area contributed by atoms with Crippen LogP contribution in [-0.2, 0) is 11.3 Å². The Hall–Kier alpha value is -1.61. The van der Waals surface area contributed by atoms with Gasteiger partial charge in [-0.1, -0.05) is 24.3 Å². The Morgan fingerprint density at radius 1 is 1.50 bits per heavy atom. The van der Waals surface area contributed by atoms with Crippen LogP contribution in [0.25, 0.3) is 0 Å². The van der Waals surface area contributed by atoms with Crippen molar-refractivity contribution in [3.8, 4) is 0 Å². The van der Waals surface area contributed by atoms with Gasteiger partial charge in [-0.25, -0.2) is 4.79 Å². The van der Waals surface area contributed by atoms with Gasteiger partial charge in [-0.2, -0.15) is 0 Å². The van der Waals surface area contributed by atoms with Crippen LogP contribution in [-0.4, -0.2) is 17.7 Å². The zero-order valence-electron chi connectivity index (χ0n) is 7.77. The first-order valence-electron chi connectivity index (χ1n) is 4.25. The van der Waals surface area contributed by atoms with E-state index in [1.807, 2.05) is 0 Å². The number of carboxylic acids is 1. The number of aromatic carboxylic acids is 1. The van der Waals surface area contributed by atoms with E-state index in [0.29, 0.717) is 18.8 Å². The number of rotatable bonds is 5. The quantitative estimate of drug-likeness (QED) is 0.574. The number of hydrogen-bond donors (Lipinski definition) is 1. The normalized spacial score (nSPS) is 9.71. The number of ether oxygens (including phenoxy) is 1. The molecule has 3 nitrogen and oxygen atoms in total. The van der Waals surface area contributed by atoms with E-state index in [-0.39, 0.29) is 5.56 Å². The van der Waals surface area contributed by atoms with Crippen molar-refractivity contribution in [2.75, 3.05) is 6.61 Å². The van der Waals surface area contributed by atoms with E-state index < -0.39 is 5.97 Å². The Kier molecular flexibility index (Phi) is 3.88. The van der Waals surface area contributed by atoms with Gasteiger partial charge in [-0.3, -0.25) is 0 Å². The molecule has 0 aliphatic rings. The van der Waals surface area contributed by atoms with Crippen LogP contribution in [0.2, 0.25) is 0 Å². The van der Waals surface area contributed by atoms with Crippen molar-refractivity contribution in [1.29, 1.82) is 0 Å². The minimum atomic E-state index is -0.928. The van der Waals surface area contributed by atoms with Gasteiger partial charge in [-0.15, -0.1) is 6.58 Å². The number of carboxylic acid groups (broad SMARTS) is 1. The highest BCUT2D eigenvalue weighted by Gasteiger charge is 2.07. The van der Waals surface area contributed by atoms with E-state index in [2.05, 4.69) is 6.58 Å². The fraction of sp³-hybridized carbons (Fsp3) is 0.182. The van der Waals surface area contributed by atoms with Crippen LogP contribution in [0.15, 0.2) is 36.9 Å². The maximum atomic E-state index is 10.8. The second-order valence-electron chi connectivity index (χ2n) is 2.77. The minimum Gasteiger partial charge on any atom is -0.478 e. The Labute approximate surface area is 82.6 Å².